The fourth-order valence-corrected chi connectivity index (χ4v) is 2.98. The van der Waals surface area contributed by atoms with Crippen molar-refractivity contribution in [3.63, 3.8) is 0 Å². The Hall–Kier alpha value is -0.870. The highest BCUT2D eigenvalue weighted by Gasteiger charge is 2.20. The third-order valence-corrected chi connectivity index (χ3v) is 4.16. The smallest absolute Gasteiger partial charge is 0.0857 e. The van der Waals surface area contributed by atoms with Crippen LogP contribution in [0.1, 0.15) is 57.2 Å². The largest absolute Gasteiger partial charge is 0.390 e. The number of nitrogens with zero attached hydrogens (tertiary/aromatic N) is 2. The molecule has 2 atom stereocenters. The van der Waals surface area contributed by atoms with E-state index in [4.69, 9.17) is 4.74 Å². The fraction of sp³-hybridized carbons (Fsp3) is 0.800. The van der Waals surface area contributed by atoms with Gasteiger partial charge in [0.1, 0.15) is 0 Å². The first-order chi connectivity index (χ1) is 9.24. The van der Waals surface area contributed by atoms with Crippen LogP contribution in [0.2, 0.25) is 0 Å². The molecule has 0 saturated heterocycles. The Bertz CT molecular complexity index is 368. The number of ether oxygens (including phenoxy) is 1. The monoisotopic (exact) mass is 266 g/mol. The average Bonchev–Trinajstić information content (AvgIpc) is 2.89. The maximum absolute atomic E-state index is 10.1. The summed E-state index contributed by atoms with van der Waals surface area (Å²) in [5.74, 6) is 0. The van der Waals surface area contributed by atoms with Gasteiger partial charge in [-0.15, -0.1) is 0 Å². The highest BCUT2D eigenvalue weighted by Crippen LogP contribution is 2.27. The molecule has 1 aromatic heterocycles. The van der Waals surface area contributed by atoms with E-state index >= 15 is 0 Å². The minimum Gasteiger partial charge on any atom is -0.390 e. The topological polar surface area (TPSA) is 47.3 Å². The number of methoxy groups -OCH3 is 1. The van der Waals surface area contributed by atoms with Gasteiger partial charge < -0.3 is 9.84 Å². The maximum atomic E-state index is 10.1. The molecule has 1 N–H and O–H groups in total. The van der Waals surface area contributed by atoms with Gasteiger partial charge in [0.15, 0.2) is 0 Å². The van der Waals surface area contributed by atoms with Crippen molar-refractivity contribution in [2.45, 2.75) is 70.1 Å². The van der Waals surface area contributed by atoms with Crippen LogP contribution in [0.4, 0.5) is 0 Å². The van der Waals surface area contributed by atoms with E-state index in [1.165, 1.54) is 32.1 Å². The molecule has 19 heavy (non-hydrogen) atoms. The van der Waals surface area contributed by atoms with Crippen molar-refractivity contribution in [2.24, 2.45) is 0 Å². The third-order valence-electron chi connectivity index (χ3n) is 4.16. The average molecular weight is 266 g/mol. The summed E-state index contributed by atoms with van der Waals surface area (Å²) in [7, 11) is 1.65. The van der Waals surface area contributed by atoms with E-state index in [2.05, 4.69) is 16.0 Å². The Labute approximate surface area is 115 Å². The second-order valence-electron chi connectivity index (χ2n) is 5.53. The SMILES string of the molecule is CCC(OC)C(O)Cc1ccn(C2CCCCC2)n1. The lowest BCUT2D eigenvalue weighted by Gasteiger charge is -2.22. The predicted molar refractivity (Wildman–Crippen MR) is 75.1 cm³/mol. The number of aliphatic hydroxyl groups excluding tert-OH is 1. The van der Waals surface area contributed by atoms with Crippen LogP contribution < -0.4 is 0 Å². The predicted octanol–water partition coefficient (Wildman–Crippen LogP) is 2.72. The first-order valence-corrected chi connectivity index (χ1v) is 7.49. The zero-order valence-corrected chi connectivity index (χ0v) is 12.1. The van der Waals surface area contributed by atoms with Gasteiger partial charge in [-0.1, -0.05) is 26.2 Å². The molecule has 0 radical (unpaired) electrons. The van der Waals surface area contributed by atoms with E-state index in [1.54, 1.807) is 7.11 Å². The number of rotatable bonds is 6. The van der Waals surface area contributed by atoms with Crippen molar-refractivity contribution in [1.82, 2.24) is 9.78 Å². The van der Waals surface area contributed by atoms with Gasteiger partial charge in [-0.05, 0) is 25.3 Å². The highest BCUT2D eigenvalue weighted by molar-refractivity contribution is 5.02. The molecular formula is C15H26N2O2. The van der Waals surface area contributed by atoms with Gasteiger partial charge in [-0.3, -0.25) is 4.68 Å². The fourth-order valence-electron chi connectivity index (χ4n) is 2.98. The molecule has 1 aromatic rings. The molecule has 1 aliphatic carbocycles. The summed E-state index contributed by atoms with van der Waals surface area (Å²) in [5.41, 5.74) is 0.966. The molecule has 2 rings (SSSR count). The molecule has 0 spiro atoms. The molecule has 1 saturated carbocycles. The van der Waals surface area contributed by atoms with Gasteiger partial charge in [0, 0.05) is 19.7 Å². The molecule has 4 heteroatoms. The van der Waals surface area contributed by atoms with Crippen molar-refractivity contribution in [3.05, 3.63) is 18.0 Å². The molecule has 1 fully saturated rings. The second kappa shape index (κ2) is 7.06. The molecule has 4 nitrogen and oxygen atoms in total. The lowest BCUT2D eigenvalue weighted by molar-refractivity contribution is -0.0133. The van der Waals surface area contributed by atoms with Gasteiger partial charge >= 0.3 is 0 Å². The summed E-state index contributed by atoms with van der Waals surface area (Å²) in [5, 5.41) is 14.7. The van der Waals surface area contributed by atoms with Crippen molar-refractivity contribution in [2.75, 3.05) is 7.11 Å². The summed E-state index contributed by atoms with van der Waals surface area (Å²) in [6.07, 6.45) is 9.34. The van der Waals surface area contributed by atoms with Crippen LogP contribution >= 0.6 is 0 Å². The second-order valence-corrected chi connectivity index (χ2v) is 5.53. The standard InChI is InChI=1S/C15H26N2O2/c1-3-15(19-2)14(18)11-12-9-10-17(16-12)13-7-5-4-6-8-13/h9-10,13-15,18H,3-8,11H2,1-2H3. The van der Waals surface area contributed by atoms with E-state index < -0.39 is 6.10 Å². The lowest BCUT2D eigenvalue weighted by Crippen LogP contribution is -2.29. The molecular weight excluding hydrogens is 240 g/mol. The molecule has 1 aliphatic rings. The van der Waals surface area contributed by atoms with Gasteiger partial charge in [0.2, 0.25) is 0 Å². The molecule has 0 amide bonds. The van der Waals surface area contributed by atoms with Crippen molar-refractivity contribution in [1.29, 1.82) is 0 Å². The molecule has 0 aliphatic heterocycles. The first-order valence-electron chi connectivity index (χ1n) is 7.49. The normalized spacial score (nSPS) is 20.4. The third kappa shape index (κ3) is 3.80. The van der Waals surface area contributed by atoms with Gasteiger partial charge in [-0.2, -0.15) is 5.10 Å². The van der Waals surface area contributed by atoms with E-state index in [-0.39, 0.29) is 6.10 Å². The van der Waals surface area contributed by atoms with Crippen LogP contribution in [0.5, 0.6) is 0 Å². The Kier molecular flexibility index (Phi) is 5.40. The van der Waals surface area contributed by atoms with Gasteiger partial charge in [0.05, 0.1) is 23.9 Å². The van der Waals surface area contributed by atoms with E-state index in [9.17, 15) is 5.11 Å². The van der Waals surface area contributed by atoms with Crippen LogP contribution in [0.15, 0.2) is 12.3 Å². The van der Waals surface area contributed by atoms with Crippen molar-refractivity contribution in [3.8, 4) is 0 Å². The number of aliphatic hydroxyl groups is 1. The minimum atomic E-state index is -0.468. The van der Waals surface area contributed by atoms with Gasteiger partial charge in [0.25, 0.3) is 0 Å². The lowest BCUT2D eigenvalue weighted by atomic mass is 9.96. The van der Waals surface area contributed by atoms with Crippen LogP contribution in [0.3, 0.4) is 0 Å². The van der Waals surface area contributed by atoms with E-state index in [0.29, 0.717) is 12.5 Å². The van der Waals surface area contributed by atoms with E-state index in [1.807, 2.05) is 13.0 Å². The van der Waals surface area contributed by atoms with Gasteiger partial charge in [-0.25, -0.2) is 0 Å². The molecule has 0 bridgehead atoms. The number of aromatic nitrogens is 2. The Morgan fingerprint density at radius 3 is 2.79 bits per heavy atom. The highest BCUT2D eigenvalue weighted by atomic mass is 16.5. The number of hydrogen-bond donors (Lipinski definition) is 1. The van der Waals surface area contributed by atoms with Crippen LogP contribution in [-0.2, 0) is 11.2 Å². The Morgan fingerprint density at radius 1 is 1.42 bits per heavy atom. The zero-order valence-electron chi connectivity index (χ0n) is 12.1. The molecule has 1 heterocycles. The number of hydrogen-bond acceptors (Lipinski definition) is 3. The maximum Gasteiger partial charge on any atom is 0.0857 e. The quantitative estimate of drug-likeness (QED) is 0.861. The minimum absolute atomic E-state index is 0.0974. The summed E-state index contributed by atoms with van der Waals surface area (Å²) >= 11 is 0. The van der Waals surface area contributed by atoms with Crippen molar-refractivity contribution < 1.29 is 9.84 Å². The Balaban J connectivity index is 1.93. The summed E-state index contributed by atoms with van der Waals surface area (Å²) in [6, 6.07) is 2.59. The van der Waals surface area contributed by atoms with E-state index in [0.717, 1.165) is 12.1 Å². The molecule has 108 valence electrons. The van der Waals surface area contributed by atoms with Crippen molar-refractivity contribution >= 4 is 0 Å². The summed E-state index contributed by atoms with van der Waals surface area (Å²) in [6.45, 7) is 2.03. The van der Waals surface area contributed by atoms with Crippen LogP contribution in [-0.4, -0.2) is 34.2 Å². The molecule has 0 aromatic carbocycles. The molecule has 2 unspecified atom stereocenters. The zero-order chi connectivity index (χ0) is 13.7. The van der Waals surface area contributed by atoms with Crippen LogP contribution in [0, 0.1) is 0 Å². The summed E-state index contributed by atoms with van der Waals surface area (Å²) < 4.78 is 7.36. The Morgan fingerprint density at radius 2 is 2.16 bits per heavy atom. The first kappa shape index (κ1) is 14.5. The summed E-state index contributed by atoms with van der Waals surface area (Å²) in [4.78, 5) is 0. The van der Waals surface area contributed by atoms with Crippen LogP contribution in [0.25, 0.3) is 0 Å².